The summed E-state index contributed by atoms with van der Waals surface area (Å²) in [7, 11) is 1.96. The van der Waals surface area contributed by atoms with Crippen molar-refractivity contribution in [1.82, 2.24) is 9.78 Å². The lowest BCUT2D eigenvalue weighted by atomic mass is 9.88. The first-order chi connectivity index (χ1) is 9.12. The maximum atomic E-state index is 6.16. The molecule has 0 aliphatic heterocycles. The van der Waals surface area contributed by atoms with Gasteiger partial charge in [0.05, 0.1) is 11.4 Å². The predicted octanol–water partition coefficient (Wildman–Crippen LogP) is 3.04. The van der Waals surface area contributed by atoms with Crippen molar-refractivity contribution in [2.45, 2.75) is 50.2 Å². The van der Waals surface area contributed by atoms with Gasteiger partial charge in [-0.05, 0) is 25.5 Å². The molecule has 0 aromatic carbocycles. The van der Waals surface area contributed by atoms with Crippen LogP contribution in [0.3, 0.4) is 0 Å². The Morgan fingerprint density at radius 2 is 2.05 bits per heavy atom. The Morgan fingerprint density at radius 1 is 1.37 bits per heavy atom. The summed E-state index contributed by atoms with van der Waals surface area (Å²) in [5.41, 5.74) is 7.97. The third-order valence-corrected chi connectivity index (χ3v) is 5.69. The molecule has 4 nitrogen and oxygen atoms in total. The van der Waals surface area contributed by atoms with Gasteiger partial charge >= 0.3 is 0 Å². The third kappa shape index (κ3) is 3.02. The molecule has 0 spiro atoms. The lowest BCUT2D eigenvalue weighted by molar-refractivity contribution is 0.411. The highest BCUT2D eigenvalue weighted by Crippen LogP contribution is 2.39. The Hall–Kier alpha value is -0.840. The van der Waals surface area contributed by atoms with Gasteiger partial charge in [0.1, 0.15) is 5.82 Å². The SMILES string of the molecule is CCc1nn(C)c(NCC2(SC)CCCCC2)c1N. The lowest BCUT2D eigenvalue weighted by Crippen LogP contribution is -2.36. The molecule has 1 saturated carbocycles. The number of aryl methyl sites for hydroxylation is 2. The zero-order valence-corrected chi connectivity index (χ0v) is 13.1. The van der Waals surface area contributed by atoms with Crippen LogP contribution in [0, 0.1) is 0 Å². The summed E-state index contributed by atoms with van der Waals surface area (Å²) < 4.78 is 2.26. The molecule has 3 N–H and O–H groups in total. The first kappa shape index (κ1) is 14.6. The summed E-state index contributed by atoms with van der Waals surface area (Å²) in [4.78, 5) is 0. The maximum Gasteiger partial charge on any atom is 0.147 e. The minimum atomic E-state index is 0.376. The normalized spacial score (nSPS) is 18.5. The van der Waals surface area contributed by atoms with E-state index in [4.69, 9.17) is 5.73 Å². The number of nitrogens with one attached hydrogen (secondary N) is 1. The van der Waals surface area contributed by atoms with Crippen molar-refractivity contribution >= 4 is 23.3 Å². The van der Waals surface area contributed by atoms with E-state index in [1.54, 1.807) is 0 Å². The zero-order chi connectivity index (χ0) is 13.9. The Kier molecular flexibility index (Phi) is 4.66. The van der Waals surface area contributed by atoms with Crippen LogP contribution in [0.5, 0.6) is 0 Å². The molecule has 0 unspecified atom stereocenters. The standard InChI is InChI=1S/C14H26N4S/c1-4-11-12(15)13(18(2)17-11)16-10-14(19-3)8-6-5-7-9-14/h16H,4-10,15H2,1-3H3. The van der Waals surface area contributed by atoms with Crippen LogP contribution in [0.4, 0.5) is 11.5 Å². The molecule has 0 saturated heterocycles. The van der Waals surface area contributed by atoms with Crippen molar-refractivity contribution in [3.8, 4) is 0 Å². The molecule has 5 heteroatoms. The summed E-state index contributed by atoms with van der Waals surface area (Å²) in [6.07, 6.45) is 9.81. The first-order valence-electron chi connectivity index (χ1n) is 7.22. The largest absolute Gasteiger partial charge is 0.394 e. The van der Waals surface area contributed by atoms with Crippen LogP contribution in [0.25, 0.3) is 0 Å². The second-order valence-electron chi connectivity index (χ2n) is 5.49. The van der Waals surface area contributed by atoms with Gasteiger partial charge in [-0.25, -0.2) is 0 Å². The molecule has 0 bridgehead atoms. The van der Waals surface area contributed by atoms with Gasteiger partial charge in [-0.15, -0.1) is 0 Å². The number of rotatable bonds is 5. The number of nitrogens with two attached hydrogens (primary N) is 1. The highest BCUT2D eigenvalue weighted by Gasteiger charge is 2.31. The number of nitrogens with zero attached hydrogens (tertiary/aromatic N) is 2. The number of hydrogen-bond acceptors (Lipinski definition) is 4. The minimum Gasteiger partial charge on any atom is -0.394 e. The Morgan fingerprint density at radius 3 is 2.58 bits per heavy atom. The second-order valence-corrected chi connectivity index (χ2v) is 6.76. The molecule has 1 aliphatic rings. The summed E-state index contributed by atoms with van der Waals surface area (Å²) in [6.45, 7) is 3.08. The fraction of sp³-hybridized carbons (Fsp3) is 0.786. The average Bonchev–Trinajstić information content (AvgIpc) is 2.72. The van der Waals surface area contributed by atoms with E-state index in [-0.39, 0.29) is 0 Å². The van der Waals surface area contributed by atoms with Gasteiger partial charge in [-0.3, -0.25) is 4.68 Å². The van der Waals surface area contributed by atoms with Crippen molar-refractivity contribution in [3.05, 3.63) is 5.69 Å². The Labute approximate surface area is 120 Å². The molecule has 1 aromatic heterocycles. The van der Waals surface area contributed by atoms with Crippen LogP contribution >= 0.6 is 11.8 Å². The molecule has 0 radical (unpaired) electrons. The van der Waals surface area contributed by atoms with Crippen LogP contribution in [0.1, 0.15) is 44.7 Å². The quantitative estimate of drug-likeness (QED) is 0.871. The van der Waals surface area contributed by atoms with Gasteiger partial charge in [0.25, 0.3) is 0 Å². The molecule has 0 amide bonds. The van der Waals surface area contributed by atoms with Crippen molar-refractivity contribution in [1.29, 1.82) is 0 Å². The van der Waals surface area contributed by atoms with Gasteiger partial charge in [0.2, 0.25) is 0 Å². The first-order valence-corrected chi connectivity index (χ1v) is 8.45. The van der Waals surface area contributed by atoms with Gasteiger partial charge in [0.15, 0.2) is 0 Å². The highest BCUT2D eigenvalue weighted by molar-refractivity contribution is 8.00. The van der Waals surface area contributed by atoms with Crippen molar-refractivity contribution in [2.24, 2.45) is 7.05 Å². The molecule has 1 heterocycles. The van der Waals surface area contributed by atoms with Crippen LogP contribution < -0.4 is 11.1 Å². The maximum absolute atomic E-state index is 6.16. The summed E-state index contributed by atoms with van der Waals surface area (Å²) >= 11 is 2.00. The van der Waals surface area contributed by atoms with Gasteiger partial charge in [0, 0.05) is 18.3 Å². The smallest absolute Gasteiger partial charge is 0.147 e. The van der Waals surface area contributed by atoms with E-state index in [2.05, 4.69) is 23.6 Å². The monoisotopic (exact) mass is 282 g/mol. The zero-order valence-electron chi connectivity index (χ0n) is 12.3. The summed E-state index contributed by atoms with van der Waals surface area (Å²) in [5.74, 6) is 0.982. The van der Waals surface area contributed by atoms with E-state index in [1.165, 1.54) is 32.1 Å². The molecule has 108 valence electrons. The Balaban J connectivity index is 2.07. The molecule has 1 fully saturated rings. The molecular formula is C14H26N4S. The summed E-state index contributed by atoms with van der Waals surface area (Å²) in [6, 6.07) is 0. The number of nitrogen functional groups attached to an aromatic ring is 1. The van der Waals surface area contributed by atoms with Crippen molar-refractivity contribution in [3.63, 3.8) is 0 Å². The fourth-order valence-electron chi connectivity index (χ4n) is 2.96. The molecule has 2 rings (SSSR count). The molecule has 1 aromatic rings. The van der Waals surface area contributed by atoms with E-state index in [9.17, 15) is 0 Å². The molecule has 1 aliphatic carbocycles. The average molecular weight is 282 g/mol. The number of aromatic nitrogens is 2. The predicted molar refractivity (Wildman–Crippen MR) is 84.8 cm³/mol. The Bertz CT molecular complexity index is 421. The molecule has 19 heavy (non-hydrogen) atoms. The third-order valence-electron chi connectivity index (χ3n) is 4.27. The molecule has 0 atom stereocenters. The molecular weight excluding hydrogens is 256 g/mol. The van der Waals surface area contributed by atoms with Gasteiger partial charge in [-0.1, -0.05) is 26.2 Å². The topological polar surface area (TPSA) is 55.9 Å². The second kappa shape index (κ2) is 6.07. The lowest BCUT2D eigenvalue weighted by Gasteiger charge is -2.36. The van der Waals surface area contributed by atoms with Crippen LogP contribution in [0.2, 0.25) is 0 Å². The van der Waals surface area contributed by atoms with E-state index < -0.39 is 0 Å². The van der Waals surface area contributed by atoms with Gasteiger partial charge in [-0.2, -0.15) is 16.9 Å². The van der Waals surface area contributed by atoms with Crippen LogP contribution in [0.15, 0.2) is 0 Å². The van der Waals surface area contributed by atoms with Crippen LogP contribution in [-0.4, -0.2) is 27.3 Å². The number of hydrogen-bond donors (Lipinski definition) is 2. The van der Waals surface area contributed by atoms with E-state index in [0.717, 1.165) is 30.2 Å². The van der Waals surface area contributed by atoms with Crippen molar-refractivity contribution in [2.75, 3.05) is 23.9 Å². The highest BCUT2D eigenvalue weighted by atomic mass is 32.2. The van der Waals surface area contributed by atoms with E-state index in [1.807, 2.05) is 23.5 Å². The fourth-order valence-corrected chi connectivity index (χ4v) is 3.87. The van der Waals surface area contributed by atoms with E-state index >= 15 is 0 Å². The van der Waals surface area contributed by atoms with Crippen LogP contribution in [-0.2, 0) is 13.5 Å². The summed E-state index contributed by atoms with van der Waals surface area (Å²) in [5, 5.41) is 8.02. The van der Waals surface area contributed by atoms with Crippen molar-refractivity contribution < 1.29 is 0 Å². The van der Waals surface area contributed by atoms with Gasteiger partial charge < -0.3 is 11.1 Å². The minimum absolute atomic E-state index is 0.376. The van der Waals surface area contributed by atoms with E-state index in [0.29, 0.717) is 4.75 Å². The number of thioether (sulfide) groups is 1. The number of anilines is 2.